The van der Waals surface area contributed by atoms with Crippen LogP contribution in [0.4, 0.5) is 0 Å². The third kappa shape index (κ3) is 7.36. The van der Waals surface area contributed by atoms with Gasteiger partial charge in [0.05, 0.1) is 38.4 Å². The molecule has 3 aromatic rings. The Labute approximate surface area is 278 Å². The molecular weight excluding hydrogens is 618 g/mol. The van der Waals surface area contributed by atoms with Gasteiger partial charge in [-0.05, 0) is 93.2 Å². The zero-order chi connectivity index (χ0) is 34.0. The summed E-state index contributed by atoms with van der Waals surface area (Å²) in [7, 11) is -0.695. The van der Waals surface area contributed by atoms with E-state index >= 15 is 0 Å². The van der Waals surface area contributed by atoms with Crippen molar-refractivity contribution in [2.24, 2.45) is 5.41 Å². The molecule has 4 unspecified atom stereocenters. The number of methoxy groups -OCH3 is 2. The van der Waals surface area contributed by atoms with E-state index in [1.165, 1.54) is 17.7 Å². The predicted octanol–water partition coefficient (Wildman–Crippen LogP) is 6.03. The average molecular weight is 666 g/mol. The van der Waals surface area contributed by atoms with E-state index in [4.69, 9.17) is 13.9 Å². The maximum atomic E-state index is 13.9. The van der Waals surface area contributed by atoms with Crippen molar-refractivity contribution in [1.82, 2.24) is 4.31 Å². The first kappa shape index (κ1) is 34.9. The van der Waals surface area contributed by atoms with Gasteiger partial charge in [-0.15, -0.1) is 0 Å². The standard InChI is InChI=1S/C37H47NO8S/c1-25-8-6-17-36(2)32(30-15-11-26(20-28(39)13-10-25)21-31(30)35(40)33-9-7-19-46-33)16-18-37(36,41)24-38(47(5,42)43)23-27-12-14-29(44-3)22-34(27)45-4/h7-9,11-12,14-15,19,21-22,28,32,39,41H,6,10,13,16-18,20,23-24H2,1-5H3. The molecule has 2 N–H and O–H groups in total. The third-order valence-corrected chi connectivity index (χ3v) is 11.6. The van der Waals surface area contributed by atoms with E-state index in [1.54, 1.807) is 37.4 Å². The van der Waals surface area contributed by atoms with E-state index in [-0.39, 0.29) is 30.6 Å². The van der Waals surface area contributed by atoms with E-state index < -0.39 is 27.1 Å². The Hall–Kier alpha value is -3.44. The molecule has 47 heavy (non-hydrogen) atoms. The van der Waals surface area contributed by atoms with E-state index in [9.17, 15) is 23.4 Å². The number of carbonyl (C=O) groups excluding carboxylic acids is 1. The van der Waals surface area contributed by atoms with Crippen molar-refractivity contribution in [3.05, 3.63) is 94.5 Å². The van der Waals surface area contributed by atoms with Gasteiger partial charge in [0, 0.05) is 35.7 Å². The highest BCUT2D eigenvalue weighted by Gasteiger charge is 2.58. The second kappa shape index (κ2) is 14.0. The zero-order valence-electron chi connectivity index (χ0n) is 28.0. The van der Waals surface area contributed by atoms with Crippen LogP contribution in [0, 0.1) is 5.41 Å². The van der Waals surface area contributed by atoms with Crippen LogP contribution in [0.5, 0.6) is 11.5 Å². The largest absolute Gasteiger partial charge is 0.497 e. The molecule has 2 bridgehead atoms. The first-order valence-electron chi connectivity index (χ1n) is 16.2. The number of aliphatic hydroxyl groups excluding tert-OH is 1. The fraction of sp³-hybridized carbons (Fsp3) is 0.486. The van der Waals surface area contributed by atoms with Gasteiger partial charge in [0.1, 0.15) is 11.5 Å². The number of hydrogen-bond donors (Lipinski definition) is 2. The Balaban J connectivity index is 1.59. The minimum Gasteiger partial charge on any atom is -0.497 e. The molecule has 1 fully saturated rings. The molecule has 0 aliphatic heterocycles. The minimum atomic E-state index is -3.77. The second-order valence-corrected chi connectivity index (χ2v) is 15.4. The van der Waals surface area contributed by atoms with Gasteiger partial charge in [0.15, 0.2) is 5.76 Å². The number of nitrogens with zero attached hydrogens (tertiary/aromatic N) is 1. The van der Waals surface area contributed by atoms with Gasteiger partial charge in [0.25, 0.3) is 0 Å². The number of aliphatic hydroxyl groups is 2. The fourth-order valence-corrected chi connectivity index (χ4v) is 8.31. The molecule has 3 aliphatic carbocycles. The molecule has 0 saturated heterocycles. The molecule has 1 heterocycles. The van der Waals surface area contributed by atoms with Crippen molar-refractivity contribution in [3.8, 4) is 11.5 Å². The summed E-state index contributed by atoms with van der Waals surface area (Å²) < 4.78 is 44.4. The Morgan fingerprint density at radius 1 is 1.09 bits per heavy atom. The Kier molecular flexibility index (Phi) is 10.4. The molecule has 1 saturated carbocycles. The van der Waals surface area contributed by atoms with E-state index in [0.29, 0.717) is 61.2 Å². The SMILES string of the molecule is COc1ccc(CN(CC2(O)CCC3c4ccc(cc4C(=O)c4ccco4)CC(O)CCC(C)=CCCC32C)S(C)(=O)=O)c(OC)c1. The Bertz CT molecular complexity index is 1720. The summed E-state index contributed by atoms with van der Waals surface area (Å²) in [5.74, 6) is 0.783. The van der Waals surface area contributed by atoms with Crippen LogP contribution in [0.15, 0.2) is 70.9 Å². The molecule has 10 heteroatoms. The van der Waals surface area contributed by atoms with Gasteiger partial charge in [-0.1, -0.05) is 36.8 Å². The number of allylic oxidation sites excluding steroid dienone is 2. The zero-order valence-corrected chi connectivity index (χ0v) is 28.8. The summed E-state index contributed by atoms with van der Waals surface area (Å²) in [6, 6.07) is 14.3. The fourth-order valence-electron chi connectivity index (χ4n) is 7.49. The molecule has 6 rings (SSSR count). The lowest BCUT2D eigenvalue weighted by atomic mass is 9.65. The molecule has 0 spiro atoms. The van der Waals surface area contributed by atoms with Crippen LogP contribution in [0.1, 0.15) is 91.1 Å². The van der Waals surface area contributed by atoms with Gasteiger partial charge in [-0.25, -0.2) is 8.42 Å². The highest BCUT2D eigenvalue weighted by molar-refractivity contribution is 7.88. The van der Waals surface area contributed by atoms with Crippen molar-refractivity contribution < 1.29 is 37.3 Å². The van der Waals surface area contributed by atoms with Crippen molar-refractivity contribution in [3.63, 3.8) is 0 Å². The topological polar surface area (TPSA) is 127 Å². The molecule has 0 radical (unpaired) electrons. The number of ether oxygens (including phenoxy) is 2. The molecule has 2 aromatic carbocycles. The number of fused-ring (bicyclic) bond motifs is 8. The molecule has 3 aliphatic rings. The molecule has 1 aromatic heterocycles. The Morgan fingerprint density at radius 3 is 2.55 bits per heavy atom. The summed E-state index contributed by atoms with van der Waals surface area (Å²) in [5.41, 5.74) is 1.71. The lowest BCUT2D eigenvalue weighted by Gasteiger charge is -2.45. The number of benzene rings is 2. The highest BCUT2D eigenvalue weighted by Crippen LogP contribution is 2.59. The number of sulfonamides is 1. The van der Waals surface area contributed by atoms with E-state index in [1.807, 2.05) is 25.1 Å². The van der Waals surface area contributed by atoms with Crippen molar-refractivity contribution in [2.45, 2.75) is 83.0 Å². The number of furan rings is 1. The summed E-state index contributed by atoms with van der Waals surface area (Å²) in [6.07, 6.45) is 8.09. The van der Waals surface area contributed by atoms with Gasteiger partial charge in [0.2, 0.25) is 15.8 Å². The van der Waals surface area contributed by atoms with Crippen molar-refractivity contribution >= 4 is 15.8 Å². The van der Waals surface area contributed by atoms with Crippen LogP contribution in [-0.4, -0.2) is 67.4 Å². The maximum absolute atomic E-state index is 13.9. The van der Waals surface area contributed by atoms with Crippen LogP contribution in [0.2, 0.25) is 0 Å². The van der Waals surface area contributed by atoms with Gasteiger partial charge >= 0.3 is 0 Å². The average Bonchev–Trinajstić information content (AvgIpc) is 3.66. The van der Waals surface area contributed by atoms with Gasteiger partial charge in [-0.3, -0.25) is 4.79 Å². The molecule has 9 nitrogen and oxygen atoms in total. The Morgan fingerprint density at radius 2 is 1.87 bits per heavy atom. The number of hydrogen-bond acceptors (Lipinski definition) is 8. The van der Waals surface area contributed by atoms with Gasteiger partial charge in [-0.2, -0.15) is 4.31 Å². The smallest absolute Gasteiger partial charge is 0.228 e. The van der Waals surface area contributed by atoms with E-state index in [0.717, 1.165) is 29.4 Å². The number of rotatable bonds is 9. The van der Waals surface area contributed by atoms with Crippen molar-refractivity contribution in [2.75, 3.05) is 27.0 Å². The van der Waals surface area contributed by atoms with Crippen LogP contribution >= 0.6 is 0 Å². The monoisotopic (exact) mass is 665 g/mol. The number of ketones is 1. The molecule has 0 amide bonds. The van der Waals surface area contributed by atoms with Crippen LogP contribution in [0.3, 0.4) is 0 Å². The summed E-state index contributed by atoms with van der Waals surface area (Å²) in [4.78, 5) is 13.9. The maximum Gasteiger partial charge on any atom is 0.228 e. The van der Waals surface area contributed by atoms with Crippen LogP contribution < -0.4 is 9.47 Å². The lowest BCUT2D eigenvalue weighted by Crippen LogP contribution is -2.53. The normalized spacial score (nSPS) is 25.2. The molecule has 4 atom stereocenters. The minimum absolute atomic E-state index is 0.00726. The van der Waals surface area contributed by atoms with Crippen molar-refractivity contribution in [1.29, 1.82) is 0 Å². The quantitative estimate of drug-likeness (QED) is 0.210. The summed E-state index contributed by atoms with van der Waals surface area (Å²) in [5, 5.41) is 23.5. The highest BCUT2D eigenvalue weighted by atomic mass is 32.2. The molecular formula is C37H47NO8S. The lowest BCUT2D eigenvalue weighted by molar-refractivity contribution is -0.0731. The molecule has 254 valence electrons. The van der Waals surface area contributed by atoms with Crippen LogP contribution in [-0.2, 0) is 23.0 Å². The van der Waals surface area contributed by atoms with E-state index in [2.05, 4.69) is 13.0 Å². The number of carbonyl (C=O) groups is 1. The predicted molar refractivity (Wildman–Crippen MR) is 180 cm³/mol. The first-order chi connectivity index (χ1) is 22.3. The third-order valence-electron chi connectivity index (χ3n) is 10.4. The first-order valence-corrected chi connectivity index (χ1v) is 18.1. The summed E-state index contributed by atoms with van der Waals surface area (Å²) in [6.45, 7) is 3.98. The summed E-state index contributed by atoms with van der Waals surface area (Å²) >= 11 is 0. The second-order valence-electron chi connectivity index (χ2n) is 13.5. The van der Waals surface area contributed by atoms with Gasteiger partial charge < -0.3 is 24.1 Å². The van der Waals surface area contributed by atoms with Crippen LogP contribution in [0.25, 0.3) is 0 Å².